The lowest BCUT2D eigenvalue weighted by molar-refractivity contribution is -0.385. The standard InChI is InChI=1S/C20H22N2O6/c1-2-26-19(23)10-16-17(22(24)25)8-9-18-20(16)28-15(13-27-18)12-21-11-14-6-4-3-5-7-14/h3-9,15,21H,2,10-13H2,1H3. The molecule has 2 aromatic carbocycles. The maximum atomic E-state index is 11.9. The van der Waals surface area contributed by atoms with E-state index in [-0.39, 0.29) is 36.1 Å². The van der Waals surface area contributed by atoms with E-state index in [4.69, 9.17) is 14.2 Å². The molecule has 1 N–H and O–H groups in total. The van der Waals surface area contributed by atoms with Crippen molar-refractivity contribution in [2.24, 2.45) is 0 Å². The van der Waals surface area contributed by atoms with Gasteiger partial charge in [-0.15, -0.1) is 0 Å². The van der Waals surface area contributed by atoms with Crippen LogP contribution in [-0.4, -0.2) is 36.8 Å². The summed E-state index contributed by atoms with van der Waals surface area (Å²) in [4.78, 5) is 22.8. The zero-order valence-electron chi connectivity index (χ0n) is 15.6. The third-order valence-electron chi connectivity index (χ3n) is 4.28. The number of nitrogens with one attached hydrogen (secondary N) is 1. The molecule has 0 aromatic heterocycles. The van der Waals surface area contributed by atoms with Gasteiger partial charge in [0.2, 0.25) is 0 Å². The molecule has 0 saturated carbocycles. The second-order valence-corrected chi connectivity index (χ2v) is 6.30. The molecule has 1 atom stereocenters. The summed E-state index contributed by atoms with van der Waals surface area (Å²) in [5, 5.41) is 14.7. The number of rotatable bonds is 8. The smallest absolute Gasteiger partial charge is 0.310 e. The molecule has 0 radical (unpaired) electrons. The SMILES string of the molecule is CCOC(=O)Cc1c([N+](=O)[O-])ccc2c1OC(CNCc1ccccc1)CO2. The lowest BCUT2D eigenvalue weighted by Crippen LogP contribution is -2.38. The first kappa shape index (κ1) is 19.6. The van der Waals surface area contributed by atoms with E-state index in [9.17, 15) is 14.9 Å². The van der Waals surface area contributed by atoms with Crippen LogP contribution in [0.25, 0.3) is 0 Å². The van der Waals surface area contributed by atoms with Crippen LogP contribution in [0.1, 0.15) is 18.1 Å². The fourth-order valence-electron chi connectivity index (χ4n) is 2.99. The summed E-state index contributed by atoms with van der Waals surface area (Å²) in [6.45, 7) is 3.35. The number of carbonyl (C=O) groups excluding carboxylic acids is 1. The molecule has 0 aliphatic carbocycles. The molecule has 2 aromatic rings. The molecular weight excluding hydrogens is 364 g/mol. The molecule has 0 amide bonds. The highest BCUT2D eigenvalue weighted by Crippen LogP contribution is 2.40. The van der Waals surface area contributed by atoms with E-state index in [2.05, 4.69) is 5.32 Å². The second-order valence-electron chi connectivity index (χ2n) is 6.30. The molecule has 1 aliphatic rings. The highest BCUT2D eigenvalue weighted by molar-refractivity contribution is 5.77. The number of nitro benzene ring substituents is 1. The van der Waals surface area contributed by atoms with Crippen LogP contribution in [0, 0.1) is 10.1 Å². The van der Waals surface area contributed by atoms with Crippen LogP contribution in [0.2, 0.25) is 0 Å². The average Bonchev–Trinajstić information content (AvgIpc) is 2.69. The lowest BCUT2D eigenvalue weighted by Gasteiger charge is -2.28. The first-order valence-corrected chi connectivity index (χ1v) is 9.08. The van der Waals surface area contributed by atoms with Crippen molar-refractivity contribution < 1.29 is 23.9 Å². The van der Waals surface area contributed by atoms with Gasteiger partial charge < -0.3 is 19.5 Å². The summed E-state index contributed by atoms with van der Waals surface area (Å²) in [6, 6.07) is 12.7. The van der Waals surface area contributed by atoms with Crippen LogP contribution in [0.4, 0.5) is 5.69 Å². The van der Waals surface area contributed by atoms with Crippen molar-refractivity contribution in [2.75, 3.05) is 19.8 Å². The van der Waals surface area contributed by atoms with Gasteiger partial charge in [-0.25, -0.2) is 0 Å². The number of nitro groups is 1. The lowest BCUT2D eigenvalue weighted by atomic mass is 10.1. The Balaban J connectivity index is 1.73. The molecular formula is C20H22N2O6. The van der Waals surface area contributed by atoms with Crippen LogP contribution < -0.4 is 14.8 Å². The van der Waals surface area contributed by atoms with Crippen molar-refractivity contribution >= 4 is 11.7 Å². The van der Waals surface area contributed by atoms with Gasteiger partial charge in [0, 0.05) is 19.2 Å². The Bertz CT molecular complexity index is 840. The number of nitrogens with zero attached hydrogens (tertiary/aromatic N) is 1. The van der Waals surface area contributed by atoms with Crippen LogP contribution in [-0.2, 0) is 22.5 Å². The van der Waals surface area contributed by atoms with E-state index in [0.29, 0.717) is 25.4 Å². The number of benzene rings is 2. The molecule has 3 rings (SSSR count). The van der Waals surface area contributed by atoms with E-state index >= 15 is 0 Å². The Hall–Kier alpha value is -3.13. The largest absolute Gasteiger partial charge is 0.486 e. The monoisotopic (exact) mass is 386 g/mol. The highest BCUT2D eigenvalue weighted by Gasteiger charge is 2.30. The van der Waals surface area contributed by atoms with Gasteiger partial charge in [0.25, 0.3) is 5.69 Å². The fourth-order valence-corrected chi connectivity index (χ4v) is 2.99. The van der Waals surface area contributed by atoms with Crippen molar-refractivity contribution in [3.63, 3.8) is 0 Å². The Morgan fingerprint density at radius 3 is 2.79 bits per heavy atom. The average molecular weight is 386 g/mol. The van der Waals surface area contributed by atoms with Gasteiger partial charge >= 0.3 is 5.97 Å². The topological polar surface area (TPSA) is 99.9 Å². The quantitative estimate of drug-likeness (QED) is 0.423. The molecule has 1 unspecified atom stereocenters. The van der Waals surface area contributed by atoms with Crippen LogP contribution in [0.15, 0.2) is 42.5 Å². The van der Waals surface area contributed by atoms with Crippen molar-refractivity contribution in [2.45, 2.75) is 26.0 Å². The molecule has 0 saturated heterocycles. The van der Waals surface area contributed by atoms with Crippen molar-refractivity contribution in [1.29, 1.82) is 0 Å². The number of hydrogen-bond acceptors (Lipinski definition) is 7. The Morgan fingerprint density at radius 2 is 2.07 bits per heavy atom. The van der Waals surface area contributed by atoms with E-state index in [0.717, 1.165) is 5.56 Å². The van der Waals surface area contributed by atoms with E-state index in [1.807, 2.05) is 30.3 Å². The van der Waals surface area contributed by atoms with Crippen LogP contribution in [0.5, 0.6) is 11.5 Å². The van der Waals surface area contributed by atoms with Gasteiger partial charge in [-0.3, -0.25) is 14.9 Å². The van der Waals surface area contributed by atoms with E-state index < -0.39 is 10.9 Å². The predicted octanol–water partition coefficient (Wildman–Crippen LogP) is 2.63. The molecule has 0 bridgehead atoms. The molecule has 148 valence electrons. The van der Waals surface area contributed by atoms with Gasteiger partial charge in [-0.2, -0.15) is 0 Å². The summed E-state index contributed by atoms with van der Waals surface area (Å²) in [6.07, 6.45) is -0.583. The zero-order chi connectivity index (χ0) is 19.9. The highest BCUT2D eigenvalue weighted by atomic mass is 16.6. The molecule has 8 heteroatoms. The minimum absolute atomic E-state index is 0.175. The van der Waals surface area contributed by atoms with Gasteiger partial charge in [-0.05, 0) is 18.6 Å². The Labute approximate surface area is 162 Å². The number of fused-ring (bicyclic) bond motifs is 1. The third-order valence-corrected chi connectivity index (χ3v) is 4.28. The minimum Gasteiger partial charge on any atom is -0.486 e. The van der Waals surface area contributed by atoms with E-state index in [1.54, 1.807) is 6.92 Å². The number of esters is 1. The normalized spacial score (nSPS) is 15.1. The van der Waals surface area contributed by atoms with Gasteiger partial charge in [0.05, 0.1) is 23.5 Å². The number of hydrogen-bond donors (Lipinski definition) is 1. The first-order chi connectivity index (χ1) is 13.6. The van der Waals surface area contributed by atoms with E-state index in [1.165, 1.54) is 12.1 Å². The summed E-state index contributed by atoms with van der Waals surface area (Å²) in [5.74, 6) is 0.0798. The van der Waals surface area contributed by atoms with Gasteiger partial charge in [0.15, 0.2) is 11.5 Å². The van der Waals surface area contributed by atoms with Crippen molar-refractivity contribution in [3.05, 3.63) is 63.7 Å². The van der Waals surface area contributed by atoms with Gasteiger partial charge in [0.1, 0.15) is 12.7 Å². The van der Waals surface area contributed by atoms with Crippen LogP contribution >= 0.6 is 0 Å². The molecule has 0 spiro atoms. The Kier molecular flexibility index (Phi) is 6.44. The van der Waals surface area contributed by atoms with Gasteiger partial charge in [-0.1, -0.05) is 30.3 Å². The maximum Gasteiger partial charge on any atom is 0.310 e. The summed E-state index contributed by atoms with van der Waals surface area (Å²) in [7, 11) is 0. The molecule has 1 heterocycles. The zero-order valence-corrected chi connectivity index (χ0v) is 15.6. The van der Waals surface area contributed by atoms with Crippen molar-refractivity contribution in [1.82, 2.24) is 5.32 Å². The predicted molar refractivity (Wildman–Crippen MR) is 101 cm³/mol. The molecule has 0 fully saturated rings. The second kappa shape index (κ2) is 9.18. The molecule has 1 aliphatic heterocycles. The minimum atomic E-state index is -0.549. The Morgan fingerprint density at radius 1 is 1.29 bits per heavy atom. The summed E-state index contributed by atoms with van der Waals surface area (Å²) >= 11 is 0. The maximum absolute atomic E-state index is 11.9. The first-order valence-electron chi connectivity index (χ1n) is 9.08. The molecule has 8 nitrogen and oxygen atoms in total. The number of carbonyl (C=O) groups is 1. The summed E-state index contributed by atoms with van der Waals surface area (Å²) in [5.41, 5.74) is 1.13. The molecule has 28 heavy (non-hydrogen) atoms. The van der Waals surface area contributed by atoms with Crippen molar-refractivity contribution in [3.8, 4) is 11.5 Å². The number of ether oxygens (including phenoxy) is 3. The van der Waals surface area contributed by atoms with Crippen LogP contribution in [0.3, 0.4) is 0 Å². The summed E-state index contributed by atoms with van der Waals surface area (Å²) < 4.78 is 16.6. The fraction of sp³-hybridized carbons (Fsp3) is 0.350. The third kappa shape index (κ3) is 4.77.